The average Bonchev–Trinajstić information content (AvgIpc) is 3.27. The van der Waals surface area contributed by atoms with Crippen molar-refractivity contribution in [3.63, 3.8) is 0 Å². The Bertz CT molecular complexity index is 1050. The molecule has 5 heterocycles. The van der Waals surface area contributed by atoms with Crippen LogP contribution in [-0.2, 0) is 17.9 Å². The van der Waals surface area contributed by atoms with E-state index in [-0.39, 0.29) is 17.6 Å². The van der Waals surface area contributed by atoms with Crippen molar-refractivity contribution in [3.05, 3.63) is 60.6 Å². The quantitative estimate of drug-likeness (QED) is 0.636. The molecule has 3 aliphatic rings. The van der Waals surface area contributed by atoms with Crippen LogP contribution in [0.5, 0.6) is 5.75 Å². The number of aromatic hydroxyl groups is 1. The highest BCUT2D eigenvalue weighted by Crippen LogP contribution is 2.37. The number of fused-ring (bicyclic) bond motifs is 3. The Balaban J connectivity index is 1.19. The smallest absolute Gasteiger partial charge is 0.224 e. The van der Waals surface area contributed by atoms with Gasteiger partial charge in [-0.2, -0.15) is 0 Å². The number of hydrogen-bond donors (Lipinski definition) is 2. The summed E-state index contributed by atoms with van der Waals surface area (Å²) in [4.78, 5) is 19.3. The van der Waals surface area contributed by atoms with Gasteiger partial charge in [0.25, 0.3) is 0 Å². The summed E-state index contributed by atoms with van der Waals surface area (Å²) in [5.41, 5.74) is 2.62. The Kier molecular flexibility index (Phi) is 5.38. The van der Waals surface area contributed by atoms with E-state index in [2.05, 4.69) is 25.5 Å². The second kappa shape index (κ2) is 8.47. The lowest BCUT2D eigenvalue weighted by Gasteiger charge is -2.49. The Morgan fingerprint density at radius 2 is 2.19 bits per heavy atom. The van der Waals surface area contributed by atoms with E-state index in [4.69, 9.17) is 0 Å². The van der Waals surface area contributed by atoms with Crippen LogP contribution in [-0.4, -0.2) is 55.0 Å². The molecule has 3 aliphatic heterocycles. The molecule has 31 heavy (non-hydrogen) atoms. The van der Waals surface area contributed by atoms with Gasteiger partial charge in [-0.15, -0.1) is 5.10 Å². The molecule has 1 amide bonds. The first kappa shape index (κ1) is 19.7. The largest absolute Gasteiger partial charge is 0.508 e. The molecular formula is C23H26N6O2. The highest BCUT2D eigenvalue weighted by Gasteiger charge is 2.43. The van der Waals surface area contributed by atoms with Crippen LogP contribution >= 0.6 is 0 Å². The molecule has 2 aromatic heterocycles. The molecule has 1 aromatic carbocycles. The number of piperidine rings is 3. The maximum atomic E-state index is 12.8. The number of rotatable bonds is 6. The zero-order chi connectivity index (χ0) is 21.2. The van der Waals surface area contributed by atoms with Crippen molar-refractivity contribution in [1.29, 1.82) is 0 Å². The fourth-order valence-corrected chi connectivity index (χ4v) is 4.85. The van der Waals surface area contributed by atoms with Crippen molar-refractivity contribution in [2.24, 2.45) is 11.8 Å². The minimum absolute atomic E-state index is 0.0419. The molecule has 0 aliphatic carbocycles. The minimum atomic E-state index is 0.0419. The van der Waals surface area contributed by atoms with Gasteiger partial charge in [0.05, 0.1) is 18.7 Å². The summed E-state index contributed by atoms with van der Waals surface area (Å²) in [6, 6.07) is 11.3. The van der Waals surface area contributed by atoms with E-state index >= 15 is 0 Å². The van der Waals surface area contributed by atoms with Crippen LogP contribution in [0.2, 0.25) is 0 Å². The lowest BCUT2D eigenvalue weighted by atomic mass is 9.75. The van der Waals surface area contributed by atoms with Crippen molar-refractivity contribution in [2.45, 2.75) is 32.0 Å². The predicted molar refractivity (Wildman–Crippen MR) is 115 cm³/mol. The number of carbonyl (C=O) groups excluding carboxylic acids is 1. The Morgan fingerprint density at radius 1 is 1.26 bits per heavy atom. The lowest BCUT2D eigenvalue weighted by Crippen LogP contribution is -2.58. The third-order valence-corrected chi connectivity index (χ3v) is 6.48. The summed E-state index contributed by atoms with van der Waals surface area (Å²) < 4.78 is 1.88. The normalized spacial score (nSPS) is 24.8. The fourth-order valence-electron chi connectivity index (χ4n) is 4.85. The van der Waals surface area contributed by atoms with Gasteiger partial charge in [-0.1, -0.05) is 23.4 Å². The molecular weight excluding hydrogens is 392 g/mol. The number of phenols is 1. The molecule has 2 unspecified atom stereocenters. The summed E-state index contributed by atoms with van der Waals surface area (Å²) in [7, 11) is 0. The average molecular weight is 419 g/mol. The molecule has 2 N–H and O–H groups in total. The first-order valence-electron chi connectivity index (χ1n) is 10.8. The van der Waals surface area contributed by atoms with Gasteiger partial charge in [0.15, 0.2) is 0 Å². The number of nitrogens with zero attached hydrogens (tertiary/aromatic N) is 5. The number of benzene rings is 1. The van der Waals surface area contributed by atoms with Gasteiger partial charge in [-0.05, 0) is 49.1 Å². The van der Waals surface area contributed by atoms with Gasteiger partial charge < -0.3 is 10.4 Å². The molecule has 0 radical (unpaired) electrons. The number of amides is 1. The molecule has 3 aromatic rings. The summed E-state index contributed by atoms with van der Waals surface area (Å²) in [6.07, 6.45) is 7.51. The third kappa shape index (κ3) is 4.29. The second-order valence-electron chi connectivity index (χ2n) is 8.49. The van der Waals surface area contributed by atoms with Crippen LogP contribution in [0.25, 0.3) is 11.3 Å². The van der Waals surface area contributed by atoms with E-state index in [1.165, 1.54) is 0 Å². The van der Waals surface area contributed by atoms with Crippen LogP contribution in [0.1, 0.15) is 18.4 Å². The first-order chi connectivity index (χ1) is 15.2. The van der Waals surface area contributed by atoms with Crippen molar-refractivity contribution >= 4 is 5.91 Å². The summed E-state index contributed by atoms with van der Waals surface area (Å²) in [6.45, 7) is 3.10. The summed E-state index contributed by atoms with van der Waals surface area (Å²) in [5, 5.41) is 21.3. The molecule has 0 spiro atoms. The predicted octanol–water partition coefficient (Wildman–Crippen LogP) is 2.07. The standard InChI is InChI=1S/C23H26N6O2/c30-20-5-1-4-18(10-20)22-15-29(27-26-22)13-19-9-17-6-8-28(19)14-21(17)23(31)25-12-16-3-2-7-24-11-16/h1-5,7,10-11,15,17,19,21,30H,6,8-9,12-14H2,(H,25,31)/t17?,19-,21+/m1/s1. The monoisotopic (exact) mass is 418 g/mol. The molecule has 3 fully saturated rings. The zero-order valence-electron chi connectivity index (χ0n) is 17.3. The van der Waals surface area contributed by atoms with Crippen LogP contribution in [0.3, 0.4) is 0 Å². The SMILES string of the molecule is O=C(NCc1cccnc1)[C@H]1CN2CCC1C[C@@H]2Cn1cc(-c2cccc(O)c2)nn1. The Morgan fingerprint density at radius 3 is 2.97 bits per heavy atom. The number of aromatic nitrogens is 4. The highest BCUT2D eigenvalue weighted by atomic mass is 16.3. The Hall–Kier alpha value is -3.26. The van der Waals surface area contributed by atoms with Crippen LogP contribution in [0, 0.1) is 11.8 Å². The molecule has 4 atom stereocenters. The van der Waals surface area contributed by atoms with Crippen molar-refractivity contribution in [3.8, 4) is 17.0 Å². The van der Waals surface area contributed by atoms with Gasteiger partial charge in [0.1, 0.15) is 11.4 Å². The van der Waals surface area contributed by atoms with Crippen molar-refractivity contribution < 1.29 is 9.90 Å². The molecule has 8 nitrogen and oxygen atoms in total. The van der Waals surface area contributed by atoms with Crippen LogP contribution < -0.4 is 5.32 Å². The maximum Gasteiger partial charge on any atom is 0.224 e. The van der Waals surface area contributed by atoms with E-state index in [1.54, 1.807) is 30.6 Å². The van der Waals surface area contributed by atoms with Gasteiger partial charge >= 0.3 is 0 Å². The fraction of sp³-hybridized carbons (Fsp3) is 0.391. The zero-order valence-corrected chi connectivity index (χ0v) is 17.3. The van der Waals surface area contributed by atoms with Gasteiger partial charge in [0, 0.05) is 37.1 Å². The number of carbonyl (C=O) groups is 1. The van der Waals surface area contributed by atoms with Gasteiger partial charge in [0.2, 0.25) is 5.91 Å². The molecule has 8 heteroatoms. The minimum Gasteiger partial charge on any atom is -0.508 e. The number of nitrogens with one attached hydrogen (secondary N) is 1. The van der Waals surface area contributed by atoms with E-state index in [1.807, 2.05) is 29.1 Å². The second-order valence-corrected chi connectivity index (χ2v) is 8.49. The van der Waals surface area contributed by atoms with E-state index in [0.717, 1.165) is 49.3 Å². The van der Waals surface area contributed by atoms with Crippen molar-refractivity contribution in [1.82, 2.24) is 30.2 Å². The number of hydrogen-bond acceptors (Lipinski definition) is 6. The summed E-state index contributed by atoms with van der Waals surface area (Å²) in [5.74, 6) is 0.803. The topological polar surface area (TPSA) is 96.2 Å². The van der Waals surface area contributed by atoms with Crippen LogP contribution in [0.15, 0.2) is 55.0 Å². The van der Waals surface area contributed by atoms with E-state index in [9.17, 15) is 9.90 Å². The highest BCUT2D eigenvalue weighted by molar-refractivity contribution is 5.79. The van der Waals surface area contributed by atoms with Gasteiger partial charge in [-0.3, -0.25) is 19.4 Å². The van der Waals surface area contributed by atoms with E-state index in [0.29, 0.717) is 18.5 Å². The number of pyridine rings is 1. The van der Waals surface area contributed by atoms with Crippen LogP contribution in [0.4, 0.5) is 0 Å². The van der Waals surface area contributed by atoms with Gasteiger partial charge in [-0.25, -0.2) is 0 Å². The maximum absolute atomic E-state index is 12.8. The lowest BCUT2D eigenvalue weighted by molar-refractivity contribution is -0.133. The molecule has 160 valence electrons. The Labute approximate surface area is 180 Å². The molecule has 6 rings (SSSR count). The first-order valence-corrected chi connectivity index (χ1v) is 10.8. The molecule has 0 saturated carbocycles. The summed E-state index contributed by atoms with van der Waals surface area (Å²) >= 11 is 0. The molecule has 2 bridgehead atoms. The molecule has 3 saturated heterocycles. The van der Waals surface area contributed by atoms with Crippen molar-refractivity contribution in [2.75, 3.05) is 13.1 Å². The number of phenolic OH excluding ortho intramolecular Hbond substituents is 1. The third-order valence-electron chi connectivity index (χ3n) is 6.48. The van der Waals surface area contributed by atoms with E-state index < -0.39 is 0 Å².